The summed E-state index contributed by atoms with van der Waals surface area (Å²) < 4.78 is 14.7. The van der Waals surface area contributed by atoms with Crippen LogP contribution in [0.4, 0.5) is 33.1 Å². The van der Waals surface area contributed by atoms with Crippen molar-refractivity contribution in [2.24, 2.45) is 0 Å². The molecule has 36 heavy (non-hydrogen) atoms. The van der Waals surface area contributed by atoms with Gasteiger partial charge in [0.2, 0.25) is 5.95 Å². The molecule has 0 atom stereocenters. The third-order valence-electron chi connectivity index (χ3n) is 6.86. The highest BCUT2D eigenvalue weighted by molar-refractivity contribution is 5.72. The van der Waals surface area contributed by atoms with Gasteiger partial charge in [-0.15, -0.1) is 0 Å². The van der Waals surface area contributed by atoms with Crippen molar-refractivity contribution in [1.82, 2.24) is 9.97 Å². The van der Waals surface area contributed by atoms with E-state index in [1.165, 1.54) is 56.1 Å². The summed E-state index contributed by atoms with van der Waals surface area (Å²) in [5, 5.41) is 6.54. The molecule has 2 aliphatic heterocycles. The molecule has 0 bridgehead atoms. The molecule has 6 nitrogen and oxygen atoms in total. The Morgan fingerprint density at radius 3 is 1.97 bits per heavy atom. The maximum atomic E-state index is 14.7. The van der Waals surface area contributed by atoms with Crippen molar-refractivity contribution >= 4 is 28.7 Å². The minimum absolute atomic E-state index is 0.276. The van der Waals surface area contributed by atoms with Gasteiger partial charge in [0.05, 0.1) is 6.20 Å². The molecule has 0 radical (unpaired) electrons. The molecule has 0 unspecified atom stereocenters. The zero-order valence-corrected chi connectivity index (χ0v) is 21.1. The van der Waals surface area contributed by atoms with E-state index in [1.54, 1.807) is 0 Å². The molecule has 3 aromatic rings. The average Bonchev–Trinajstić information content (AvgIpc) is 2.91. The van der Waals surface area contributed by atoms with Crippen LogP contribution >= 0.6 is 0 Å². The Kier molecular flexibility index (Phi) is 7.35. The van der Waals surface area contributed by atoms with E-state index in [2.05, 4.69) is 55.2 Å². The normalized spacial score (nSPS) is 16.1. The lowest BCUT2D eigenvalue weighted by atomic mass is 10.1. The first-order valence-corrected chi connectivity index (χ1v) is 13.0. The van der Waals surface area contributed by atoms with E-state index in [1.807, 2.05) is 31.2 Å². The molecule has 7 heteroatoms. The number of aromatic nitrogens is 2. The molecular formula is C29H35FN6. The molecule has 0 spiro atoms. The van der Waals surface area contributed by atoms with E-state index in [0.29, 0.717) is 11.5 Å². The van der Waals surface area contributed by atoms with Gasteiger partial charge in [-0.3, -0.25) is 0 Å². The standard InChI is InChI=1S/C29H35FN6/c1-21(2)32-23-11-9-22(10-12-23)28-27(30)20-31-29(34-28)33-24-17-25(35-13-5-3-6-14-35)19-26(18-24)36-15-7-4-8-16-36/h9-12,17-20,32H,1,3-8,13-16H2,2H3,(H,31,33,34). The number of piperidine rings is 2. The second-order valence-corrected chi connectivity index (χ2v) is 9.83. The highest BCUT2D eigenvalue weighted by Gasteiger charge is 2.18. The second-order valence-electron chi connectivity index (χ2n) is 9.83. The number of nitrogens with zero attached hydrogens (tertiary/aromatic N) is 4. The second kappa shape index (κ2) is 11.0. The van der Waals surface area contributed by atoms with Crippen LogP contribution in [-0.2, 0) is 0 Å². The molecule has 0 saturated carbocycles. The maximum Gasteiger partial charge on any atom is 0.227 e. The van der Waals surface area contributed by atoms with Crippen molar-refractivity contribution in [3.63, 3.8) is 0 Å². The summed E-state index contributed by atoms with van der Waals surface area (Å²) in [6.45, 7) is 10.1. The fourth-order valence-corrected chi connectivity index (χ4v) is 5.05. The van der Waals surface area contributed by atoms with E-state index in [4.69, 9.17) is 0 Å². The predicted octanol–water partition coefficient (Wildman–Crippen LogP) is 6.95. The van der Waals surface area contributed by atoms with E-state index >= 15 is 0 Å². The third-order valence-corrected chi connectivity index (χ3v) is 6.86. The van der Waals surface area contributed by atoms with Crippen molar-refractivity contribution in [3.8, 4) is 11.3 Å². The Bertz CT molecular complexity index is 1160. The minimum Gasteiger partial charge on any atom is -0.371 e. The summed E-state index contributed by atoms with van der Waals surface area (Å²) >= 11 is 0. The van der Waals surface area contributed by atoms with Gasteiger partial charge in [0.1, 0.15) is 5.69 Å². The summed E-state index contributed by atoms with van der Waals surface area (Å²) in [7, 11) is 0. The van der Waals surface area contributed by atoms with E-state index < -0.39 is 5.82 Å². The van der Waals surface area contributed by atoms with Crippen molar-refractivity contribution in [2.45, 2.75) is 45.4 Å². The Labute approximate surface area is 213 Å². The van der Waals surface area contributed by atoms with Gasteiger partial charge in [0.15, 0.2) is 5.82 Å². The highest BCUT2D eigenvalue weighted by atomic mass is 19.1. The number of hydrogen-bond acceptors (Lipinski definition) is 6. The van der Waals surface area contributed by atoms with Gasteiger partial charge in [0, 0.05) is 60.2 Å². The summed E-state index contributed by atoms with van der Waals surface area (Å²) in [5.74, 6) is -0.0619. The molecule has 2 fully saturated rings. The summed E-state index contributed by atoms with van der Waals surface area (Å²) in [4.78, 5) is 13.7. The smallest absolute Gasteiger partial charge is 0.227 e. The fourth-order valence-electron chi connectivity index (χ4n) is 5.05. The van der Waals surface area contributed by atoms with Gasteiger partial charge in [-0.05, 0) is 75.8 Å². The molecule has 5 rings (SSSR count). The quantitative estimate of drug-likeness (QED) is 0.377. The average molecular weight is 487 g/mol. The van der Waals surface area contributed by atoms with Gasteiger partial charge in [-0.25, -0.2) is 14.4 Å². The van der Waals surface area contributed by atoms with Crippen LogP contribution < -0.4 is 20.4 Å². The van der Waals surface area contributed by atoms with Crippen LogP contribution in [0.1, 0.15) is 45.4 Å². The van der Waals surface area contributed by atoms with E-state index in [-0.39, 0.29) is 5.69 Å². The lowest BCUT2D eigenvalue weighted by Crippen LogP contribution is -2.31. The molecule has 2 aromatic carbocycles. The first-order valence-electron chi connectivity index (χ1n) is 13.0. The molecule has 3 heterocycles. The summed E-state index contributed by atoms with van der Waals surface area (Å²) in [6.07, 6.45) is 8.73. The van der Waals surface area contributed by atoms with Crippen molar-refractivity contribution in [1.29, 1.82) is 0 Å². The topological polar surface area (TPSA) is 56.3 Å². The largest absolute Gasteiger partial charge is 0.371 e. The Morgan fingerprint density at radius 1 is 0.833 bits per heavy atom. The van der Waals surface area contributed by atoms with E-state index in [0.717, 1.165) is 43.3 Å². The number of allylic oxidation sites excluding steroid dienone is 1. The Balaban J connectivity index is 1.43. The maximum absolute atomic E-state index is 14.7. The number of halogens is 1. The molecule has 2 aliphatic rings. The van der Waals surface area contributed by atoms with Crippen LogP contribution in [0.2, 0.25) is 0 Å². The number of anilines is 5. The zero-order valence-electron chi connectivity index (χ0n) is 21.1. The first-order chi connectivity index (χ1) is 17.5. The predicted molar refractivity (Wildman–Crippen MR) is 148 cm³/mol. The van der Waals surface area contributed by atoms with Crippen LogP contribution in [-0.4, -0.2) is 36.1 Å². The van der Waals surface area contributed by atoms with Crippen LogP contribution in [0.15, 0.2) is 60.9 Å². The van der Waals surface area contributed by atoms with Gasteiger partial charge >= 0.3 is 0 Å². The molecular weight excluding hydrogens is 451 g/mol. The van der Waals surface area contributed by atoms with Crippen LogP contribution in [0.5, 0.6) is 0 Å². The van der Waals surface area contributed by atoms with Gasteiger partial charge in [-0.1, -0.05) is 18.7 Å². The number of rotatable bonds is 7. The van der Waals surface area contributed by atoms with Gasteiger partial charge in [-0.2, -0.15) is 0 Å². The first kappa shape index (κ1) is 24.1. The van der Waals surface area contributed by atoms with Crippen molar-refractivity contribution in [3.05, 3.63) is 66.8 Å². The lowest BCUT2D eigenvalue weighted by Gasteiger charge is -2.33. The number of hydrogen-bond donors (Lipinski definition) is 2. The summed E-state index contributed by atoms with van der Waals surface area (Å²) in [6, 6.07) is 14.2. The minimum atomic E-state index is -0.447. The number of benzene rings is 2. The van der Waals surface area contributed by atoms with Crippen molar-refractivity contribution in [2.75, 3.05) is 46.6 Å². The molecule has 2 N–H and O–H groups in total. The van der Waals surface area contributed by atoms with Crippen LogP contribution in [0.25, 0.3) is 11.3 Å². The van der Waals surface area contributed by atoms with E-state index in [9.17, 15) is 4.39 Å². The Hall–Kier alpha value is -3.61. The molecule has 0 aliphatic carbocycles. The molecule has 0 amide bonds. The fraction of sp³-hybridized carbons (Fsp3) is 0.379. The van der Waals surface area contributed by atoms with Crippen molar-refractivity contribution < 1.29 is 4.39 Å². The van der Waals surface area contributed by atoms with Crippen LogP contribution in [0.3, 0.4) is 0 Å². The lowest BCUT2D eigenvalue weighted by molar-refractivity contribution is 0.573. The van der Waals surface area contributed by atoms with Gasteiger partial charge in [0.25, 0.3) is 0 Å². The third kappa shape index (κ3) is 5.78. The SMILES string of the molecule is C=C(C)Nc1ccc(-c2nc(Nc3cc(N4CCCCC4)cc(N4CCCCC4)c3)ncc2F)cc1. The van der Waals surface area contributed by atoms with Crippen LogP contribution in [0, 0.1) is 5.82 Å². The highest BCUT2D eigenvalue weighted by Crippen LogP contribution is 2.33. The zero-order chi connectivity index (χ0) is 24.9. The molecule has 1 aromatic heterocycles. The number of nitrogens with one attached hydrogen (secondary N) is 2. The van der Waals surface area contributed by atoms with Gasteiger partial charge < -0.3 is 20.4 Å². The summed E-state index contributed by atoms with van der Waals surface area (Å²) in [5.41, 5.74) is 6.10. The monoisotopic (exact) mass is 486 g/mol. The molecule has 2 saturated heterocycles. The Morgan fingerprint density at radius 2 is 1.42 bits per heavy atom. The molecule has 188 valence electrons.